The van der Waals surface area contributed by atoms with E-state index >= 15 is 0 Å². The first-order valence-electron chi connectivity index (χ1n) is 10.4. The minimum Gasteiger partial charge on any atom is -0.0843 e. The van der Waals surface area contributed by atoms with E-state index in [1.54, 1.807) is 0 Å². The third-order valence-corrected chi connectivity index (χ3v) is 6.52. The van der Waals surface area contributed by atoms with Crippen LogP contribution < -0.4 is 0 Å². The summed E-state index contributed by atoms with van der Waals surface area (Å²) in [6, 6.07) is 12.9. The Morgan fingerprint density at radius 3 is 1.48 bits per heavy atom. The molecule has 0 bridgehead atoms. The van der Waals surface area contributed by atoms with Crippen molar-refractivity contribution in [3.63, 3.8) is 0 Å². The molecule has 3 rings (SSSR count). The number of fused-ring (bicyclic) bond motifs is 3. The normalized spacial score (nSPS) is 14.7. The predicted molar refractivity (Wildman–Crippen MR) is 120 cm³/mol. The van der Waals surface area contributed by atoms with E-state index in [1.165, 1.54) is 60.8 Å². The maximum atomic E-state index is 6.47. The molecule has 0 amide bonds. The van der Waals surface area contributed by atoms with Crippen molar-refractivity contribution >= 4 is 23.2 Å². The Hall–Kier alpha value is -0.980. The fourth-order valence-electron chi connectivity index (χ4n) is 4.73. The molecule has 2 aromatic rings. The molecule has 0 aromatic heterocycles. The van der Waals surface area contributed by atoms with Crippen molar-refractivity contribution in [2.45, 2.75) is 71.6 Å². The second kappa shape index (κ2) is 8.58. The molecule has 0 spiro atoms. The van der Waals surface area contributed by atoms with Crippen LogP contribution in [-0.2, 0) is 5.41 Å². The lowest BCUT2D eigenvalue weighted by molar-refractivity contribution is 0.378. The summed E-state index contributed by atoms with van der Waals surface area (Å²) in [6.07, 6.45) is 7.33. The lowest BCUT2D eigenvalue weighted by Gasteiger charge is -2.33. The Kier molecular flexibility index (Phi) is 6.59. The summed E-state index contributed by atoms with van der Waals surface area (Å²) in [5.41, 5.74) is 5.57. The van der Waals surface area contributed by atoms with Gasteiger partial charge in [-0.2, -0.15) is 0 Å². The fourth-order valence-corrected chi connectivity index (χ4v) is 5.07. The second-order valence-corrected chi connectivity index (χ2v) is 9.91. The van der Waals surface area contributed by atoms with Crippen molar-refractivity contribution in [2.24, 2.45) is 11.8 Å². The highest BCUT2D eigenvalue weighted by Crippen LogP contribution is 2.55. The zero-order chi connectivity index (χ0) is 19.6. The van der Waals surface area contributed by atoms with Gasteiger partial charge in [-0.05, 0) is 71.2 Å². The Balaban J connectivity index is 2.08. The van der Waals surface area contributed by atoms with Gasteiger partial charge < -0.3 is 0 Å². The van der Waals surface area contributed by atoms with E-state index in [1.807, 2.05) is 12.1 Å². The molecular weight excluding hydrogens is 371 g/mol. The quantitative estimate of drug-likeness (QED) is 0.413. The van der Waals surface area contributed by atoms with Crippen molar-refractivity contribution in [3.05, 3.63) is 57.6 Å². The molecular formula is C25H32Cl2. The summed E-state index contributed by atoms with van der Waals surface area (Å²) in [7, 11) is 0. The van der Waals surface area contributed by atoms with Gasteiger partial charge in [0.1, 0.15) is 0 Å². The van der Waals surface area contributed by atoms with Crippen molar-refractivity contribution in [3.8, 4) is 11.1 Å². The molecule has 0 saturated heterocycles. The minimum atomic E-state index is 0.0459. The summed E-state index contributed by atoms with van der Waals surface area (Å²) in [4.78, 5) is 0. The average Bonchev–Trinajstić information content (AvgIpc) is 2.84. The second-order valence-electron chi connectivity index (χ2n) is 9.03. The molecule has 0 saturated carbocycles. The molecule has 1 aliphatic rings. The Labute approximate surface area is 175 Å². The smallest absolute Gasteiger partial charge is 0.0409 e. The summed E-state index contributed by atoms with van der Waals surface area (Å²) >= 11 is 12.9. The number of hydrogen-bond donors (Lipinski definition) is 0. The zero-order valence-corrected chi connectivity index (χ0v) is 18.6. The molecule has 0 N–H and O–H groups in total. The third-order valence-electron chi connectivity index (χ3n) is 6.05. The van der Waals surface area contributed by atoms with E-state index in [0.717, 1.165) is 21.9 Å². The van der Waals surface area contributed by atoms with Gasteiger partial charge in [0.15, 0.2) is 0 Å². The van der Waals surface area contributed by atoms with Gasteiger partial charge in [-0.15, -0.1) is 0 Å². The SMILES string of the molecule is CC(C)CCCC1(CCCC(C)C)c2cc(Cl)ccc2-c2ccc(Cl)cc21. The van der Waals surface area contributed by atoms with E-state index in [9.17, 15) is 0 Å². The van der Waals surface area contributed by atoms with Crippen molar-refractivity contribution < 1.29 is 0 Å². The van der Waals surface area contributed by atoms with Gasteiger partial charge in [0, 0.05) is 15.5 Å². The maximum absolute atomic E-state index is 6.47. The first-order valence-corrected chi connectivity index (χ1v) is 11.2. The van der Waals surface area contributed by atoms with Crippen molar-refractivity contribution in [2.75, 3.05) is 0 Å². The molecule has 0 unspecified atom stereocenters. The molecule has 1 aliphatic carbocycles. The van der Waals surface area contributed by atoms with Crippen LogP contribution in [0.15, 0.2) is 36.4 Å². The van der Waals surface area contributed by atoms with Crippen LogP contribution in [0.5, 0.6) is 0 Å². The average molecular weight is 403 g/mol. The molecule has 2 aromatic carbocycles. The monoisotopic (exact) mass is 402 g/mol. The lowest BCUT2D eigenvalue weighted by atomic mass is 9.70. The third kappa shape index (κ3) is 4.38. The highest BCUT2D eigenvalue weighted by Gasteiger charge is 2.42. The molecule has 0 fully saturated rings. The number of halogens is 2. The van der Waals surface area contributed by atoms with Crippen molar-refractivity contribution in [1.29, 1.82) is 0 Å². The van der Waals surface area contributed by atoms with Gasteiger partial charge in [0.05, 0.1) is 0 Å². The van der Waals surface area contributed by atoms with E-state index in [2.05, 4.69) is 52.0 Å². The van der Waals surface area contributed by atoms with E-state index < -0.39 is 0 Å². The molecule has 2 heteroatoms. The molecule has 27 heavy (non-hydrogen) atoms. The molecule has 0 atom stereocenters. The van der Waals surface area contributed by atoms with Gasteiger partial charge >= 0.3 is 0 Å². The van der Waals surface area contributed by atoms with Crippen molar-refractivity contribution in [1.82, 2.24) is 0 Å². The zero-order valence-electron chi connectivity index (χ0n) is 17.1. The summed E-state index contributed by atoms with van der Waals surface area (Å²) < 4.78 is 0. The van der Waals surface area contributed by atoms with Crippen LogP contribution in [0.1, 0.15) is 77.3 Å². The highest BCUT2D eigenvalue weighted by atomic mass is 35.5. The Morgan fingerprint density at radius 1 is 0.704 bits per heavy atom. The van der Waals surface area contributed by atoms with Crippen LogP contribution in [0.4, 0.5) is 0 Å². The topological polar surface area (TPSA) is 0 Å². The number of hydrogen-bond acceptors (Lipinski definition) is 0. The molecule has 0 heterocycles. The van der Waals surface area contributed by atoms with E-state index in [0.29, 0.717) is 0 Å². The van der Waals surface area contributed by atoms with Crippen LogP contribution in [-0.4, -0.2) is 0 Å². The number of benzene rings is 2. The lowest BCUT2D eigenvalue weighted by Crippen LogP contribution is -2.26. The van der Waals surface area contributed by atoms with E-state index in [4.69, 9.17) is 23.2 Å². The Bertz CT molecular complexity index is 721. The van der Waals surface area contributed by atoms with Crippen LogP contribution in [0.2, 0.25) is 10.0 Å². The van der Waals surface area contributed by atoms with Crippen LogP contribution in [0, 0.1) is 11.8 Å². The first kappa shape index (κ1) is 20.7. The molecule has 0 aliphatic heterocycles. The maximum Gasteiger partial charge on any atom is 0.0409 e. The molecule has 0 radical (unpaired) electrons. The summed E-state index contributed by atoms with van der Waals surface area (Å²) in [5, 5.41) is 1.68. The minimum absolute atomic E-state index is 0.0459. The van der Waals surface area contributed by atoms with Crippen LogP contribution >= 0.6 is 23.2 Å². The highest BCUT2D eigenvalue weighted by molar-refractivity contribution is 6.31. The van der Waals surface area contributed by atoms with E-state index in [-0.39, 0.29) is 5.41 Å². The molecule has 0 nitrogen and oxygen atoms in total. The van der Waals surface area contributed by atoms with Gasteiger partial charge in [0.25, 0.3) is 0 Å². The van der Waals surface area contributed by atoms with Gasteiger partial charge in [-0.3, -0.25) is 0 Å². The number of rotatable bonds is 8. The van der Waals surface area contributed by atoms with Gasteiger partial charge in [-0.1, -0.05) is 88.7 Å². The standard InChI is InChI=1S/C25H32Cl2/c1-17(2)7-5-13-25(14-6-8-18(3)4)23-15-19(26)9-11-21(23)22-12-10-20(27)16-24(22)25/h9-12,15-18H,5-8,13-14H2,1-4H3. The molecule has 146 valence electrons. The largest absolute Gasteiger partial charge is 0.0843 e. The summed E-state index contributed by atoms with van der Waals surface area (Å²) in [6.45, 7) is 9.26. The van der Waals surface area contributed by atoms with Crippen LogP contribution in [0.3, 0.4) is 0 Å². The van der Waals surface area contributed by atoms with Gasteiger partial charge in [0.2, 0.25) is 0 Å². The summed E-state index contributed by atoms with van der Waals surface area (Å²) in [5.74, 6) is 1.47. The predicted octanol–water partition coefficient (Wildman–Crippen LogP) is 8.91. The fraction of sp³-hybridized carbons (Fsp3) is 0.520. The Morgan fingerprint density at radius 2 is 1.11 bits per heavy atom. The van der Waals surface area contributed by atoms with Crippen LogP contribution in [0.25, 0.3) is 11.1 Å². The van der Waals surface area contributed by atoms with Gasteiger partial charge in [-0.25, -0.2) is 0 Å². The first-order chi connectivity index (χ1) is 12.8.